The van der Waals surface area contributed by atoms with Crippen molar-refractivity contribution >= 4 is 21.8 Å². The van der Waals surface area contributed by atoms with Gasteiger partial charge in [0.15, 0.2) is 0 Å². The molecule has 0 atom stereocenters. The molecule has 0 aliphatic heterocycles. The van der Waals surface area contributed by atoms with E-state index >= 15 is 0 Å². The summed E-state index contributed by atoms with van der Waals surface area (Å²) in [6, 6.07) is 11.1. The molecule has 0 amide bonds. The van der Waals surface area contributed by atoms with Gasteiger partial charge in [0.1, 0.15) is 11.6 Å². The number of nitrogens with one attached hydrogen (secondary N) is 1. The normalized spacial score (nSPS) is 11.5. The molecule has 2 aromatic carbocycles. The van der Waals surface area contributed by atoms with Crippen molar-refractivity contribution < 1.29 is 17.2 Å². The lowest BCUT2D eigenvalue weighted by Crippen LogP contribution is -2.26. The predicted molar refractivity (Wildman–Crippen MR) is 84.2 cm³/mol. The first-order valence-electron chi connectivity index (χ1n) is 6.55. The fraction of sp³-hybridized carbons (Fsp3) is 0.200. The number of benzene rings is 2. The van der Waals surface area contributed by atoms with Crippen LogP contribution < -0.4 is 4.72 Å². The number of sulfonamides is 1. The molecular formula is C15H15F2NO2S2. The number of rotatable bonds is 7. The van der Waals surface area contributed by atoms with E-state index in [0.29, 0.717) is 17.1 Å². The Morgan fingerprint density at radius 3 is 2.36 bits per heavy atom. The van der Waals surface area contributed by atoms with E-state index in [-0.39, 0.29) is 17.3 Å². The number of thioether (sulfide) groups is 1. The Hall–Kier alpha value is -1.44. The van der Waals surface area contributed by atoms with Gasteiger partial charge in [-0.2, -0.15) is 11.8 Å². The maximum Gasteiger partial charge on any atom is 0.240 e. The molecule has 0 saturated heterocycles. The Bertz CT molecular complexity index is 719. The Labute approximate surface area is 132 Å². The standard InChI is InChI=1S/C15H15F2NO2S2/c16-13-5-7-14(8-6-13)22(19,20)18-9-10-21-11-12-3-1-2-4-15(12)17/h1-8,18H,9-11H2. The molecule has 118 valence electrons. The van der Waals surface area contributed by atoms with Crippen molar-refractivity contribution in [1.29, 1.82) is 0 Å². The summed E-state index contributed by atoms with van der Waals surface area (Å²) in [5.41, 5.74) is 0.592. The highest BCUT2D eigenvalue weighted by Crippen LogP contribution is 2.15. The molecule has 1 N–H and O–H groups in total. The van der Waals surface area contributed by atoms with Crippen LogP contribution in [0.15, 0.2) is 53.4 Å². The zero-order chi connectivity index (χ0) is 16.0. The number of halogens is 2. The molecule has 0 aliphatic rings. The molecule has 0 fully saturated rings. The van der Waals surface area contributed by atoms with Gasteiger partial charge in [0.05, 0.1) is 4.90 Å². The maximum absolute atomic E-state index is 13.4. The summed E-state index contributed by atoms with van der Waals surface area (Å²) >= 11 is 1.43. The zero-order valence-electron chi connectivity index (χ0n) is 11.6. The summed E-state index contributed by atoms with van der Waals surface area (Å²) in [4.78, 5) is 0.0213. The molecule has 7 heteroatoms. The topological polar surface area (TPSA) is 46.2 Å². The highest BCUT2D eigenvalue weighted by Gasteiger charge is 2.12. The minimum Gasteiger partial charge on any atom is -0.210 e. The van der Waals surface area contributed by atoms with E-state index in [1.54, 1.807) is 18.2 Å². The maximum atomic E-state index is 13.4. The van der Waals surface area contributed by atoms with Crippen LogP contribution in [0.3, 0.4) is 0 Å². The molecule has 0 saturated carbocycles. The van der Waals surface area contributed by atoms with Crippen molar-refractivity contribution in [3.05, 3.63) is 65.7 Å². The van der Waals surface area contributed by atoms with Gasteiger partial charge < -0.3 is 0 Å². The van der Waals surface area contributed by atoms with Crippen molar-refractivity contribution in [2.24, 2.45) is 0 Å². The second kappa shape index (κ2) is 7.71. The summed E-state index contributed by atoms with van der Waals surface area (Å²) in [7, 11) is -3.63. The smallest absolute Gasteiger partial charge is 0.210 e. The Morgan fingerprint density at radius 2 is 1.68 bits per heavy atom. The first kappa shape index (κ1) is 16.9. The lowest BCUT2D eigenvalue weighted by atomic mass is 10.2. The molecule has 0 spiro atoms. The molecule has 0 unspecified atom stereocenters. The predicted octanol–water partition coefficient (Wildman–Crippen LogP) is 3.18. The van der Waals surface area contributed by atoms with Crippen LogP contribution in [0.1, 0.15) is 5.56 Å². The number of hydrogen-bond donors (Lipinski definition) is 1. The fourth-order valence-electron chi connectivity index (χ4n) is 1.74. The fourth-order valence-corrected chi connectivity index (χ4v) is 3.75. The SMILES string of the molecule is O=S(=O)(NCCSCc1ccccc1F)c1ccc(F)cc1. The number of hydrogen-bond acceptors (Lipinski definition) is 3. The Balaban J connectivity index is 1.79. The first-order valence-corrected chi connectivity index (χ1v) is 9.19. The summed E-state index contributed by atoms with van der Waals surface area (Å²) in [6.07, 6.45) is 0. The third kappa shape index (κ3) is 4.79. The van der Waals surface area contributed by atoms with Crippen molar-refractivity contribution in [2.75, 3.05) is 12.3 Å². The summed E-state index contributed by atoms with van der Waals surface area (Å²) in [5, 5.41) is 0. The van der Waals surface area contributed by atoms with Crippen LogP contribution in [0.25, 0.3) is 0 Å². The molecule has 0 aromatic heterocycles. The third-order valence-electron chi connectivity index (χ3n) is 2.88. The highest BCUT2D eigenvalue weighted by molar-refractivity contribution is 7.98. The van der Waals surface area contributed by atoms with E-state index in [4.69, 9.17) is 0 Å². The van der Waals surface area contributed by atoms with Crippen LogP contribution in [-0.2, 0) is 15.8 Å². The van der Waals surface area contributed by atoms with Crippen molar-refractivity contribution in [3.63, 3.8) is 0 Å². The van der Waals surface area contributed by atoms with E-state index in [9.17, 15) is 17.2 Å². The van der Waals surface area contributed by atoms with E-state index in [1.165, 1.54) is 30.0 Å². The average Bonchev–Trinajstić information content (AvgIpc) is 2.49. The Morgan fingerprint density at radius 1 is 1.00 bits per heavy atom. The van der Waals surface area contributed by atoms with Gasteiger partial charge in [0.25, 0.3) is 0 Å². The molecule has 3 nitrogen and oxygen atoms in total. The van der Waals surface area contributed by atoms with E-state index < -0.39 is 15.8 Å². The van der Waals surface area contributed by atoms with Crippen molar-refractivity contribution in [3.8, 4) is 0 Å². The van der Waals surface area contributed by atoms with Crippen LogP contribution in [0, 0.1) is 11.6 Å². The first-order chi connectivity index (χ1) is 10.5. The second-order valence-corrected chi connectivity index (χ2v) is 7.37. The van der Waals surface area contributed by atoms with Gasteiger partial charge in [0.2, 0.25) is 10.0 Å². The van der Waals surface area contributed by atoms with Crippen LogP contribution in [0.2, 0.25) is 0 Å². The van der Waals surface area contributed by atoms with Gasteiger partial charge in [-0.05, 0) is 35.9 Å². The minimum atomic E-state index is -3.63. The summed E-state index contributed by atoms with van der Waals surface area (Å²) in [5.74, 6) is 0.237. The van der Waals surface area contributed by atoms with E-state index in [2.05, 4.69) is 4.72 Å². The quantitative estimate of drug-likeness (QED) is 0.786. The summed E-state index contributed by atoms with van der Waals surface area (Å²) in [6.45, 7) is 0.221. The largest absolute Gasteiger partial charge is 0.240 e. The molecule has 2 rings (SSSR count). The summed E-state index contributed by atoms with van der Waals surface area (Å²) < 4.78 is 52.4. The molecule has 0 radical (unpaired) electrons. The molecule has 22 heavy (non-hydrogen) atoms. The van der Waals surface area contributed by atoms with Gasteiger partial charge in [-0.25, -0.2) is 21.9 Å². The lowest BCUT2D eigenvalue weighted by molar-refractivity contribution is 0.583. The molecular weight excluding hydrogens is 328 g/mol. The van der Waals surface area contributed by atoms with Gasteiger partial charge >= 0.3 is 0 Å². The minimum absolute atomic E-state index is 0.0213. The van der Waals surface area contributed by atoms with Gasteiger partial charge in [-0.15, -0.1) is 0 Å². The van der Waals surface area contributed by atoms with Crippen LogP contribution >= 0.6 is 11.8 Å². The van der Waals surface area contributed by atoms with E-state index in [0.717, 1.165) is 12.1 Å². The molecule has 2 aromatic rings. The average molecular weight is 343 g/mol. The van der Waals surface area contributed by atoms with Gasteiger partial charge in [-0.3, -0.25) is 0 Å². The third-order valence-corrected chi connectivity index (χ3v) is 5.36. The zero-order valence-corrected chi connectivity index (χ0v) is 13.3. The monoisotopic (exact) mass is 343 g/mol. The van der Waals surface area contributed by atoms with Gasteiger partial charge in [0, 0.05) is 18.1 Å². The highest BCUT2D eigenvalue weighted by atomic mass is 32.2. The van der Waals surface area contributed by atoms with Gasteiger partial charge in [-0.1, -0.05) is 18.2 Å². The van der Waals surface area contributed by atoms with Crippen LogP contribution in [0.4, 0.5) is 8.78 Å². The molecule has 0 bridgehead atoms. The van der Waals surface area contributed by atoms with Crippen molar-refractivity contribution in [2.45, 2.75) is 10.6 Å². The van der Waals surface area contributed by atoms with E-state index in [1.807, 2.05) is 0 Å². The molecule has 0 heterocycles. The molecule has 0 aliphatic carbocycles. The van der Waals surface area contributed by atoms with Crippen molar-refractivity contribution in [1.82, 2.24) is 4.72 Å². The van der Waals surface area contributed by atoms with Crippen LogP contribution in [0.5, 0.6) is 0 Å². The van der Waals surface area contributed by atoms with Crippen LogP contribution in [-0.4, -0.2) is 20.7 Å². The second-order valence-electron chi connectivity index (χ2n) is 4.50. The Kier molecular flexibility index (Phi) is 5.93. The lowest BCUT2D eigenvalue weighted by Gasteiger charge is -2.07.